The molecule has 1 N–H and O–H groups in total. The highest BCUT2D eigenvalue weighted by atomic mass is 32.2. The third kappa shape index (κ3) is 4.66. The van der Waals surface area contributed by atoms with E-state index in [0.717, 1.165) is 28.1 Å². The van der Waals surface area contributed by atoms with Gasteiger partial charge < -0.3 is 19.7 Å². The van der Waals surface area contributed by atoms with Crippen LogP contribution in [0.15, 0.2) is 22.5 Å². The lowest BCUT2D eigenvalue weighted by Gasteiger charge is -2.25. The Morgan fingerprint density at radius 1 is 1.38 bits per heavy atom. The van der Waals surface area contributed by atoms with E-state index in [9.17, 15) is 4.79 Å². The van der Waals surface area contributed by atoms with E-state index >= 15 is 0 Å². The molecule has 1 fully saturated rings. The Kier molecular flexibility index (Phi) is 6.33. The highest BCUT2D eigenvalue weighted by molar-refractivity contribution is 8.02. The monoisotopic (exact) mass is 394 g/mol. The molecule has 0 aliphatic carbocycles. The van der Waals surface area contributed by atoms with Gasteiger partial charge in [0.2, 0.25) is 11.0 Å². The molecule has 2 heterocycles. The summed E-state index contributed by atoms with van der Waals surface area (Å²) in [6.45, 7) is 6.89. The van der Waals surface area contributed by atoms with Crippen molar-refractivity contribution < 1.29 is 14.3 Å². The number of ether oxygens (including phenoxy) is 2. The average molecular weight is 395 g/mol. The number of carbonyl (C=O) groups is 1. The second kappa shape index (κ2) is 8.70. The molecule has 0 saturated carbocycles. The molecule has 1 aromatic carbocycles. The average Bonchev–Trinajstić information content (AvgIpc) is 3.11. The predicted molar refractivity (Wildman–Crippen MR) is 105 cm³/mol. The molecule has 0 radical (unpaired) electrons. The van der Waals surface area contributed by atoms with Crippen molar-refractivity contribution in [1.82, 2.24) is 10.2 Å². The van der Waals surface area contributed by atoms with Gasteiger partial charge >= 0.3 is 0 Å². The molecule has 1 amide bonds. The van der Waals surface area contributed by atoms with E-state index in [1.54, 1.807) is 7.11 Å². The van der Waals surface area contributed by atoms with Crippen molar-refractivity contribution in [2.45, 2.75) is 23.4 Å². The van der Waals surface area contributed by atoms with Gasteiger partial charge in [-0.15, -0.1) is 10.2 Å². The van der Waals surface area contributed by atoms with Gasteiger partial charge in [-0.1, -0.05) is 29.2 Å². The number of aryl methyl sites for hydroxylation is 1. The number of hydrogen-bond acceptors (Lipinski definition) is 8. The Morgan fingerprint density at radius 2 is 2.15 bits per heavy atom. The molecule has 1 saturated heterocycles. The van der Waals surface area contributed by atoms with Gasteiger partial charge in [0.1, 0.15) is 5.75 Å². The zero-order valence-corrected chi connectivity index (χ0v) is 16.7. The Hall–Kier alpha value is -1.84. The zero-order chi connectivity index (χ0) is 18.5. The Labute approximate surface area is 161 Å². The van der Waals surface area contributed by atoms with E-state index in [4.69, 9.17) is 9.47 Å². The Balaban J connectivity index is 1.61. The summed E-state index contributed by atoms with van der Waals surface area (Å²) in [6, 6.07) is 5.69. The number of thioether (sulfide) groups is 1. The van der Waals surface area contributed by atoms with Crippen LogP contribution in [0, 0.1) is 6.92 Å². The standard InChI is InChI=1S/C17H22N4O3S2/c1-11-4-5-14(23-3)13(10-11)18-15(22)12(2)25-17-20-19-16(26-17)21-6-8-24-9-7-21/h4-5,10,12H,6-9H2,1-3H3,(H,18,22). The first-order chi connectivity index (χ1) is 12.6. The Morgan fingerprint density at radius 3 is 2.88 bits per heavy atom. The number of benzene rings is 1. The van der Waals surface area contributed by atoms with Gasteiger partial charge in [0, 0.05) is 13.1 Å². The molecule has 0 spiro atoms. The summed E-state index contributed by atoms with van der Waals surface area (Å²) >= 11 is 2.92. The minimum Gasteiger partial charge on any atom is -0.495 e. The van der Waals surface area contributed by atoms with E-state index in [2.05, 4.69) is 20.4 Å². The number of carbonyl (C=O) groups excluding carboxylic acids is 1. The summed E-state index contributed by atoms with van der Waals surface area (Å²) in [5, 5.41) is 12.0. The van der Waals surface area contributed by atoms with E-state index < -0.39 is 0 Å². The normalized spacial score (nSPS) is 15.6. The lowest BCUT2D eigenvalue weighted by molar-refractivity contribution is -0.115. The largest absolute Gasteiger partial charge is 0.495 e. The minimum absolute atomic E-state index is 0.0953. The molecule has 7 nitrogen and oxygen atoms in total. The first kappa shape index (κ1) is 18.9. The van der Waals surface area contributed by atoms with Crippen LogP contribution in [0.1, 0.15) is 12.5 Å². The molecule has 1 aliphatic rings. The maximum absolute atomic E-state index is 12.5. The number of nitrogens with zero attached hydrogens (tertiary/aromatic N) is 3. The summed E-state index contributed by atoms with van der Waals surface area (Å²) in [5.74, 6) is 0.550. The van der Waals surface area contributed by atoms with Crippen molar-refractivity contribution in [1.29, 1.82) is 0 Å². The maximum Gasteiger partial charge on any atom is 0.237 e. The van der Waals surface area contributed by atoms with Crippen molar-refractivity contribution in [2.75, 3.05) is 43.6 Å². The van der Waals surface area contributed by atoms with Gasteiger partial charge in [0.15, 0.2) is 4.34 Å². The van der Waals surface area contributed by atoms with Crippen LogP contribution in [0.2, 0.25) is 0 Å². The molecule has 9 heteroatoms. The number of methoxy groups -OCH3 is 1. The van der Waals surface area contributed by atoms with Crippen LogP contribution < -0.4 is 15.0 Å². The van der Waals surface area contributed by atoms with Crippen LogP contribution in [0.5, 0.6) is 5.75 Å². The SMILES string of the molecule is COc1ccc(C)cc1NC(=O)C(C)Sc1nnc(N2CCOCC2)s1. The molecule has 1 atom stereocenters. The van der Waals surface area contributed by atoms with Gasteiger partial charge in [0.05, 0.1) is 31.3 Å². The molecule has 1 unspecified atom stereocenters. The van der Waals surface area contributed by atoms with Crippen molar-refractivity contribution in [3.05, 3.63) is 23.8 Å². The fraction of sp³-hybridized carbons (Fsp3) is 0.471. The topological polar surface area (TPSA) is 76.6 Å². The lowest BCUT2D eigenvalue weighted by Crippen LogP contribution is -2.36. The fourth-order valence-corrected chi connectivity index (χ4v) is 4.53. The summed E-state index contributed by atoms with van der Waals surface area (Å²) in [6.07, 6.45) is 0. The van der Waals surface area contributed by atoms with E-state index in [1.807, 2.05) is 32.0 Å². The smallest absolute Gasteiger partial charge is 0.237 e. The molecular weight excluding hydrogens is 372 g/mol. The summed E-state index contributed by atoms with van der Waals surface area (Å²) in [5.41, 5.74) is 1.73. The molecule has 2 aromatic rings. The van der Waals surface area contributed by atoms with Crippen LogP contribution in [0.25, 0.3) is 0 Å². The fourth-order valence-electron chi connectivity index (χ4n) is 2.49. The minimum atomic E-state index is -0.300. The lowest BCUT2D eigenvalue weighted by atomic mass is 10.2. The molecule has 3 rings (SSSR count). The van der Waals surface area contributed by atoms with Crippen molar-refractivity contribution in [3.8, 4) is 5.75 Å². The second-order valence-electron chi connectivity index (χ2n) is 5.90. The van der Waals surface area contributed by atoms with E-state index in [1.165, 1.54) is 23.1 Å². The van der Waals surface area contributed by atoms with Crippen LogP contribution in [0.4, 0.5) is 10.8 Å². The van der Waals surface area contributed by atoms with Crippen molar-refractivity contribution >= 4 is 39.8 Å². The summed E-state index contributed by atoms with van der Waals surface area (Å²) < 4.78 is 11.4. The molecular formula is C17H22N4O3S2. The van der Waals surface area contributed by atoms with E-state index in [-0.39, 0.29) is 11.2 Å². The molecule has 140 valence electrons. The van der Waals surface area contributed by atoms with Crippen molar-refractivity contribution in [3.63, 3.8) is 0 Å². The number of nitrogens with one attached hydrogen (secondary N) is 1. The first-order valence-electron chi connectivity index (χ1n) is 8.35. The third-order valence-electron chi connectivity index (χ3n) is 3.94. The van der Waals surface area contributed by atoms with Gasteiger partial charge in [0.25, 0.3) is 0 Å². The van der Waals surface area contributed by atoms with Crippen LogP contribution in [-0.4, -0.2) is 54.8 Å². The Bertz CT molecular complexity index is 762. The van der Waals surface area contributed by atoms with E-state index in [0.29, 0.717) is 24.7 Å². The second-order valence-corrected chi connectivity index (χ2v) is 8.45. The number of aromatic nitrogens is 2. The van der Waals surface area contributed by atoms with Gasteiger partial charge in [-0.2, -0.15) is 0 Å². The van der Waals surface area contributed by atoms with Gasteiger partial charge in [-0.05, 0) is 31.5 Å². The quantitative estimate of drug-likeness (QED) is 0.755. The van der Waals surface area contributed by atoms with Crippen LogP contribution >= 0.6 is 23.1 Å². The number of amides is 1. The van der Waals surface area contributed by atoms with Crippen LogP contribution in [0.3, 0.4) is 0 Å². The number of hydrogen-bond donors (Lipinski definition) is 1. The third-order valence-corrected chi connectivity index (χ3v) is 6.11. The molecule has 0 bridgehead atoms. The maximum atomic E-state index is 12.5. The highest BCUT2D eigenvalue weighted by Gasteiger charge is 2.21. The number of morpholine rings is 1. The van der Waals surface area contributed by atoms with Crippen molar-refractivity contribution in [2.24, 2.45) is 0 Å². The van der Waals surface area contributed by atoms with Crippen LogP contribution in [-0.2, 0) is 9.53 Å². The first-order valence-corrected chi connectivity index (χ1v) is 10.0. The van der Waals surface area contributed by atoms with Gasteiger partial charge in [-0.3, -0.25) is 4.79 Å². The van der Waals surface area contributed by atoms with Gasteiger partial charge in [-0.25, -0.2) is 0 Å². The zero-order valence-electron chi connectivity index (χ0n) is 15.0. The number of rotatable bonds is 6. The molecule has 26 heavy (non-hydrogen) atoms. The molecule has 1 aromatic heterocycles. The highest BCUT2D eigenvalue weighted by Crippen LogP contribution is 2.32. The molecule has 1 aliphatic heterocycles. The predicted octanol–water partition coefficient (Wildman–Crippen LogP) is 2.81. The number of anilines is 2. The summed E-state index contributed by atoms with van der Waals surface area (Å²) in [7, 11) is 1.59. The summed E-state index contributed by atoms with van der Waals surface area (Å²) in [4.78, 5) is 14.7.